The Hall–Kier alpha value is -1.41. The molecule has 0 saturated heterocycles. The molecule has 1 aromatic carbocycles. The van der Waals surface area contributed by atoms with Crippen molar-refractivity contribution in [2.75, 3.05) is 18.3 Å². The molecular formula is C11H13FN2O3P. The molecule has 0 aromatic heterocycles. The number of rotatable bonds is 6. The van der Waals surface area contributed by atoms with Crippen molar-refractivity contribution >= 4 is 13.4 Å². The summed E-state index contributed by atoms with van der Waals surface area (Å²) < 4.78 is 35.1. The number of nitrogens with one attached hydrogen (secondary N) is 1. The third kappa shape index (κ3) is 3.81. The molecule has 18 heavy (non-hydrogen) atoms. The van der Waals surface area contributed by atoms with Crippen molar-refractivity contribution in [2.45, 2.75) is 13.8 Å². The standard InChI is InChI=1S/C11H13FN2O3P/c1-3-16-18(15,17-4-2)14-11-6-5-10(12)7-9(11)8-13/h6-7H,3-4H2,1-2H3,(H,14,15). The summed E-state index contributed by atoms with van der Waals surface area (Å²) >= 11 is 0. The molecular weight excluding hydrogens is 258 g/mol. The van der Waals surface area contributed by atoms with E-state index >= 15 is 0 Å². The van der Waals surface area contributed by atoms with Gasteiger partial charge in [-0.25, -0.2) is 8.96 Å². The largest absolute Gasteiger partial charge is 0.432 e. The second-order valence-electron chi connectivity index (χ2n) is 3.16. The monoisotopic (exact) mass is 271 g/mol. The Bertz CT molecular complexity index is 492. The smallest absolute Gasteiger partial charge is 0.293 e. The highest BCUT2D eigenvalue weighted by Gasteiger charge is 2.24. The number of nitriles is 1. The van der Waals surface area contributed by atoms with Crippen LogP contribution in [0.3, 0.4) is 0 Å². The summed E-state index contributed by atoms with van der Waals surface area (Å²) in [7, 11) is -3.54. The minimum Gasteiger partial charge on any atom is -0.293 e. The molecule has 0 fully saturated rings. The van der Waals surface area contributed by atoms with Crippen LogP contribution >= 0.6 is 7.75 Å². The molecule has 5 nitrogen and oxygen atoms in total. The summed E-state index contributed by atoms with van der Waals surface area (Å²) in [5.41, 5.74) is 0.162. The number of anilines is 1. The molecule has 0 spiro atoms. The fourth-order valence-electron chi connectivity index (χ4n) is 1.24. The molecule has 1 rings (SSSR count). The van der Waals surface area contributed by atoms with Crippen molar-refractivity contribution in [3.05, 3.63) is 29.6 Å². The molecule has 0 aliphatic rings. The van der Waals surface area contributed by atoms with E-state index in [2.05, 4.69) is 11.2 Å². The van der Waals surface area contributed by atoms with E-state index in [1.807, 2.05) is 0 Å². The number of hydrogen-bond acceptors (Lipinski definition) is 4. The van der Waals surface area contributed by atoms with Crippen LogP contribution in [0.5, 0.6) is 0 Å². The quantitative estimate of drug-likeness (QED) is 0.805. The van der Waals surface area contributed by atoms with E-state index < -0.39 is 13.6 Å². The lowest BCUT2D eigenvalue weighted by atomic mass is 10.2. The van der Waals surface area contributed by atoms with Crippen molar-refractivity contribution in [3.8, 4) is 6.07 Å². The first-order valence-corrected chi connectivity index (χ1v) is 6.87. The van der Waals surface area contributed by atoms with Gasteiger partial charge in [0.05, 0.1) is 24.5 Å². The van der Waals surface area contributed by atoms with Crippen LogP contribution in [0.4, 0.5) is 10.1 Å². The first-order chi connectivity index (χ1) is 8.54. The average Bonchev–Trinajstić information content (AvgIpc) is 2.32. The van der Waals surface area contributed by atoms with E-state index in [4.69, 9.17) is 14.3 Å². The van der Waals surface area contributed by atoms with Crippen LogP contribution in [0, 0.1) is 23.2 Å². The first kappa shape index (κ1) is 14.7. The van der Waals surface area contributed by atoms with Crippen LogP contribution in [0.25, 0.3) is 0 Å². The highest BCUT2D eigenvalue weighted by atomic mass is 31.2. The molecule has 0 bridgehead atoms. The Labute approximate surface area is 105 Å². The van der Waals surface area contributed by atoms with E-state index in [1.165, 1.54) is 6.07 Å². The second kappa shape index (κ2) is 6.50. The van der Waals surface area contributed by atoms with Crippen LogP contribution in [-0.4, -0.2) is 13.2 Å². The normalized spacial score (nSPS) is 11.0. The van der Waals surface area contributed by atoms with Gasteiger partial charge in [0.25, 0.3) is 0 Å². The van der Waals surface area contributed by atoms with E-state index in [-0.39, 0.29) is 24.5 Å². The third-order valence-electron chi connectivity index (χ3n) is 1.89. The third-order valence-corrected chi connectivity index (χ3v) is 3.60. The van der Waals surface area contributed by atoms with Crippen molar-refractivity contribution in [3.63, 3.8) is 0 Å². The molecule has 0 aliphatic heterocycles. The number of nitrogens with zero attached hydrogens (tertiary/aromatic N) is 1. The van der Waals surface area contributed by atoms with Crippen molar-refractivity contribution < 1.29 is 18.0 Å². The average molecular weight is 271 g/mol. The lowest BCUT2D eigenvalue weighted by molar-refractivity contribution is 0.225. The molecule has 0 unspecified atom stereocenters. The van der Waals surface area contributed by atoms with Crippen LogP contribution in [0.1, 0.15) is 19.4 Å². The van der Waals surface area contributed by atoms with Gasteiger partial charge in [-0.2, -0.15) is 5.26 Å². The summed E-state index contributed by atoms with van der Waals surface area (Å²) in [5.74, 6) is -0.667. The van der Waals surface area contributed by atoms with Crippen molar-refractivity contribution in [1.82, 2.24) is 0 Å². The summed E-state index contributed by atoms with van der Waals surface area (Å²) in [5, 5.41) is 11.4. The molecule has 0 amide bonds. The molecule has 0 aliphatic carbocycles. The van der Waals surface area contributed by atoms with Crippen LogP contribution in [0.2, 0.25) is 0 Å². The van der Waals surface area contributed by atoms with Crippen molar-refractivity contribution in [2.24, 2.45) is 0 Å². The topological polar surface area (TPSA) is 71.3 Å². The highest BCUT2D eigenvalue weighted by molar-refractivity contribution is 7.55. The summed E-state index contributed by atoms with van der Waals surface area (Å²) in [6, 6.07) is 6.24. The number of benzene rings is 1. The van der Waals surface area contributed by atoms with Gasteiger partial charge < -0.3 is 0 Å². The maximum atomic E-state index is 12.9. The highest BCUT2D eigenvalue weighted by Crippen LogP contribution is 2.48. The molecule has 1 aromatic rings. The Morgan fingerprint density at radius 2 is 2.11 bits per heavy atom. The molecule has 1 N–H and O–H groups in total. The van der Waals surface area contributed by atoms with E-state index in [0.717, 1.165) is 6.07 Å². The van der Waals surface area contributed by atoms with Crippen molar-refractivity contribution in [1.29, 1.82) is 5.26 Å². The predicted octanol–water partition coefficient (Wildman–Crippen LogP) is 3.09. The summed E-state index contributed by atoms with van der Waals surface area (Å²) in [6.45, 7) is 3.68. The molecule has 0 atom stereocenters. The van der Waals surface area contributed by atoms with Gasteiger partial charge in [0.2, 0.25) is 0 Å². The maximum absolute atomic E-state index is 12.9. The Kier molecular flexibility index (Phi) is 5.29. The minimum atomic E-state index is -3.54. The zero-order valence-electron chi connectivity index (χ0n) is 10.1. The zero-order valence-corrected chi connectivity index (χ0v) is 11.0. The van der Waals surface area contributed by atoms with Crippen LogP contribution in [-0.2, 0) is 13.6 Å². The minimum absolute atomic E-state index is 0.00545. The van der Waals surface area contributed by atoms with Gasteiger partial charge >= 0.3 is 7.75 Å². The molecule has 1 radical (unpaired) electrons. The first-order valence-electron chi connectivity index (χ1n) is 5.33. The van der Waals surface area contributed by atoms with Gasteiger partial charge in [0.15, 0.2) is 0 Å². The van der Waals surface area contributed by atoms with Gasteiger partial charge in [0, 0.05) is 6.07 Å². The molecule has 0 heterocycles. The van der Waals surface area contributed by atoms with Crippen LogP contribution in [0.15, 0.2) is 12.1 Å². The van der Waals surface area contributed by atoms with E-state index in [0.29, 0.717) is 0 Å². The molecule has 7 heteroatoms. The molecule has 0 saturated carbocycles. The molecule has 97 valence electrons. The lowest BCUT2D eigenvalue weighted by Crippen LogP contribution is -2.06. The van der Waals surface area contributed by atoms with E-state index in [1.54, 1.807) is 19.9 Å². The summed E-state index contributed by atoms with van der Waals surface area (Å²) in [4.78, 5) is 0. The van der Waals surface area contributed by atoms with Gasteiger partial charge in [0.1, 0.15) is 11.9 Å². The SMILES string of the molecule is CCOP(=O)(Nc1c[c]c(F)cc1C#N)OCC. The van der Waals surface area contributed by atoms with E-state index in [9.17, 15) is 8.96 Å². The predicted molar refractivity (Wildman–Crippen MR) is 64.4 cm³/mol. The van der Waals surface area contributed by atoms with Gasteiger partial charge in [-0.15, -0.1) is 0 Å². The number of halogens is 1. The number of hydrogen-bond donors (Lipinski definition) is 1. The van der Waals surface area contributed by atoms with Gasteiger partial charge in [-0.3, -0.25) is 14.1 Å². The Morgan fingerprint density at radius 3 is 2.61 bits per heavy atom. The second-order valence-corrected chi connectivity index (χ2v) is 4.90. The lowest BCUT2D eigenvalue weighted by Gasteiger charge is -2.19. The fraction of sp³-hybridized carbons (Fsp3) is 0.364. The zero-order chi connectivity index (χ0) is 13.6. The van der Waals surface area contributed by atoms with Crippen LogP contribution < -0.4 is 5.09 Å². The Morgan fingerprint density at radius 1 is 1.50 bits per heavy atom. The summed E-state index contributed by atoms with van der Waals surface area (Å²) in [6.07, 6.45) is 0. The maximum Gasteiger partial charge on any atom is 0.432 e. The Balaban J connectivity index is 3.01. The fourth-order valence-corrected chi connectivity index (χ4v) is 2.60. The van der Waals surface area contributed by atoms with Gasteiger partial charge in [-0.05, 0) is 26.0 Å². The van der Waals surface area contributed by atoms with Gasteiger partial charge in [-0.1, -0.05) is 0 Å².